The van der Waals surface area contributed by atoms with Gasteiger partial charge < -0.3 is 10.6 Å². The fourth-order valence-corrected chi connectivity index (χ4v) is 2.12. The van der Waals surface area contributed by atoms with E-state index in [1.165, 1.54) is 18.5 Å². The summed E-state index contributed by atoms with van der Waals surface area (Å²) in [6, 6.07) is 12.3. The molecule has 0 radical (unpaired) electrons. The Morgan fingerprint density at radius 1 is 0.826 bits per heavy atom. The number of rotatable bonds is 4. The minimum absolute atomic E-state index is 0.249. The summed E-state index contributed by atoms with van der Waals surface area (Å²) >= 11 is 6.06. The summed E-state index contributed by atoms with van der Waals surface area (Å²) in [4.78, 5) is 8.01. The predicted octanol–water partition coefficient (Wildman–Crippen LogP) is 4.90. The fraction of sp³-hybridized carbons (Fsp3) is 0. The van der Waals surface area contributed by atoms with E-state index in [0.717, 1.165) is 12.1 Å². The molecule has 0 aliphatic carbocycles. The third-order valence-corrected chi connectivity index (χ3v) is 3.35. The second-order valence-corrected chi connectivity index (χ2v) is 5.02. The van der Waals surface area contributed by atoms with Crippen molar-refractivity contribution in [1.29, 1.82) is 0 Å². The van der Waals surface area contributed by atoms with Crippen molar-refractivity contribution in [2.75, 3.05) is 10.6 Å². The minimum atomic E-state index is -0.704. The van der Waals surface area contributed by atoms with Crippen molar-refractivity contribution in [1.82, 2.24) is 9.97 Å². The molecule has 0 aliphatic rings. The third kappa shape index (κ3) is 3.54. The molecule has 3 aromatic rings. The van der Waals surface area contributed by atoms with E-state index in [1.807, 2.05) is 6.07 Å². The van der Waals surface area contributed by atoms with Crippen molar-refractivity contribution in [3.8, 4) is 0 Å². The van der Waals surface area contributed by atoms with Crippen molar-refractivity contribution in [3.63, 3.8) is 0 Å². The number of aromatic nitrogens is 2. The molecule has 0 saturated heterocycles. The van der Waals surface area contributed by atoms with Crippen LogP contribution in [0.3, 0.4) is 0 Å². The largest absolute Gasteiger partial charge is 0.339 e. The summed E-state index contributed by atoms with van der Waals surface area (Å²) in [6.07, 6.45) is 1.28. The Labute approximate surface area is 136 Å². The highest BCUT2D eigenvalue weighted by Crippen LogP contribution is 2.26. The van der Waals surface area contributed by atoms with Crippen LogP contribution >= 0.6 is 11.6 Å². The van der Waals surface area contributed by atoms with Crippen molar-refractivity contribution in [2.24, 2.45) is 0 Å². The van der Waals surface area contributed by atoms with E-state index < -0.39 is 11.6 Å². The van der Waals surface area contributed by atoms with E-state index in [4.69, 9.17) is 11.6 Å². The summed E-state index contributed by atoms with van der Waals surface area (Å²) in [5, 5.41) is 6.15. The van der Waals surface area contributed by atoms with Gasteiger partial charge in [-0.15, -0.1) is 0 Å². The van der Waals surface area contributed by atoms with E-state index in [1.54, 1.807) is 18.2 Å². The molecule has 0 spiro atoms. The molecule has 0 atom stereocenters. The van der Waals surface area contributed by atoms with E-state index in [-0.39, 0.29) is 11.5 Å². The van der Waals surface area contributed by atoms with Gasteiger partial charge >= 0.3 is 0 Å². The van der Waals surface area contributed by atoms with Gasteiger partial charge in [0.2, 0.25) is 0 Å². The Kier molecular flexibility index (Phi) is 4.34. The molecule has 1 aromatic heterocycles. The minimum Gasteiger partial charge on any atom is -0.339 e. The smallest absolute Gasteiger partial charge is 0.149 e. The van der Waals surface area contributed by atoms with Crippen LogP contribution < -0.4 is 10.6 Å². The maximum Gasteiger partial charge on any atom is 0.149 e. The van der Waals surface area contributed by atoms with Gasteiger partial charge in [-0.3, -0.25) is 0 Å². The third-order valence-electron chi connectivity index (χ3n) is 3.02. The van der Waals surface area contributed by atoms with Gasteiger partial charge in [0.25, 0.3) is 0 Å². The summed E-state index contributed by atoms with van der Waals surface area (Å²) in [5.74, 6) is -0.723. The molecule has 116 valence electrons. The molecule has 1 heterocycles. The molecule has 0 aliphatic heterocycles. The number of halogens is 3. The summed E-state index contributed by atoms with van der Waals surface area (Å²) in [7, 11) is 0. The highest BCUT2D eigenvalue weighted by atomic mass is 35.5. The normalized spacial score (nSPS) is 10.4. The van der Waals surface area contributed by atoms with Crippen LogP contribution in [0.5, 0.6) is 0 Å². The van der Waals surface area contributed by atoms with Crippen LogP contribution in [0.25, 0.3) is 0 Å². The van der Waals surface area contributed by atoms with Crippen LogP contribution in [0.1, 0.15) is 0 Å². The van der Waals surface area contributed by atoms with Gasteiger partial charge in [-0.2, -0.15) is 0 Å². The average molecular weight is 333 g/mol. The van der Waals surface area contributed by atoms with Gasteiger partial charge in [-0.1, -0.05) is 29.8 Å². The van der Waals surface area contributed by atoms with Crippen LogP contribution in [0.2, 0.25) is 5.02 Å². The van der Waals surface area contributed by atoms with Crippen LogP contribution in [-0.2, 0) is 0 Å². The van der Waals surface area contributed by atoms with E-state index in [9.17, 15) is 8.78 Å². The Morgan fingerprint density at radius 2 is 1.48 bits per heavy atom. The van der Waals surface area contributed by atoms with Crippen LogP contribution in [0.4, 0.5) is 31.8 Å². The van der Waals surface area contributed by atoms with Gasteiger partial charge in [0.1, 0.15) is 35.3 Å². The fourth-order valence-electron chi connectivity index (χ4n) is 1.94. The molecule has 23 heavy (non-hydrogen) atoms. The zero-order valence-corrected chi connectivity index (χ0v) is 12.5. The first-order valence-electron chi connectivity index (χ1n) is 6.68. The zero-order valence-electron chi connectivity index (χ0n) is 11.7. The Balaban J connectivity index is 1.84. The molecule has 0 bridgehead atoms. The van der Waals surface area contributed by atoms with Gasteiger partial charge in [0, 0.05) is 6.07 Å². The highest BCUT2D eigenvalue weighted by Gasteiger charge is 2.10. The molecular weight excluding hydrogens is 322 g/mol. The Bertz CT molecular complexity index is 822. The SMILES string of the molecule is Fc1cccc(F)c1Nc1cc(Nc2ccccc2Cl)ncn1. The zero-order chi connectivity index (χ0) is 16.2. The molecule has 0 fully saturated rings. The van der Waals surface area contributed by atoms with Crippen LogP contribution in [0, 0.1) is 11.6 Å². The molecule has 0 saturated carbocycles. The molecule has 3 rings (SSSR count). The maximum absolute atomic E-state index is 13.7. The number of anilines is 4. The Morgan fingerprint density at radius 3 is 2.17 bits per heavy atom. The van der Waals surface area contributed by atoms with Gasteiger partial charge in [0.05, 0.1) is 10.7 Å². The van der Waals surface area contributed by atoms with Crippen molar-refractivity contribution in [2.45, 2.75) is 0 Å². The first kappa shape index (κ1) is 15.2. The average Bonchev–Trinajstić information content (AvgIpc) is 2.54. The van der Waals surface area contributed by atoms with Crippen molar-refractivity contribution >= 4 is 34.6 Å². The molecule has 2 aromatic carbocycles. The molecule has 4 nitrogen and oxygen atoms in total. The number of nitrogens with zero attached hydrogens (tertiary/aromatic N) is 2. The summed E-state index contributed by atoms with van der Waals surface area (Å²) in [5.41, 5.74) is 0.394. The summed E-state index contributed by atoms with van der Waals surface area (Å²) < 4.78 is 27.3. The highest BCUT2D eigenvalue weighted by molar-refractivity contribution is 6.33. The molecule has 0 unspecified atom stereocenters. The van der Waals surface area contributed by atoms with E-state index in [0.29, 0.717) is 16.5 Å². The molecule has 0 amide bonds. The summed E-state index contributed by atoms with van der Waals surface area (Å²) in [6.45, 7) is 0. The number of hydrogen-bond donors (Lipinski definition) is 2. The molecule has 2 N–H and O–H groups in total. The second kappa shape index (κ2) is 6.58. The second-order valence-electron chi connectivity index (χ2n) is 4.61. The van der Waals surface area contributed by atoms with Crippen LogP contribution in [-0.4, -0.2) is 9.97 Å². The maximum atomic E-state index is 13.7. The van der Waals surface area contributed by atoms with Crippen LogP contribution in [0.15, 0.2) is 54.9 Å². The number of nitrogens with one attached hydrogen (secondary N) is 2. The standard InChI is InChI=1S/C16H11ClF2N4/c17-10-4-1-2-7-13(10)22-14-8-15(21-9-20-14)23-16-11(18)5-3-6-12(16)19/h1-9H,(H2,20,21,22,23). The van der Waals surface area contributed by atoms with E-state index in [2.05, 4.69) is 20.6 Å². The van der Waals surface area contributed by atoms with Crippen molar-refractivity contribution in [3.05, 3.63) is 71.5 Å². The number of benzene rings is 2. The van der Waals surface area contributed by atoms with Crippen molar-refractivity contribution < 1.29 is 8.78 Å². The lowest BCUT2D eigenvalue weighted by atomic mass is 10.3. The number of para-hydroxylation sites is 2. The number of hydrogen-bond acceptors (Lipinski definition) is 4. The van der Waals surface area contributed by atoms with Gasteiger partial charge in [-0.05, 0) is 24.3 Å². The van der Waals surface area contributed by atoms with E-state index >= 15 is 0 Å². The molecular formula is C16H11ClF2N4. The van der Waals surface area contributed by atoms with Gasteiger partial charge in [-0.25, -0.2) is 18.7 Å². The lowest BCUT2D eigenvalue weighted by Gasteiger charge is -2.10. The lowest BCUT2D eigenvalue weighted by Crippen LogP contribution is -2.01. The monoisotopic (exact) mass is 332 g/mol. The van der Waals surface area contributed by atoms with Gasteiger partial charge in [0.15, 0.2) is 0 Å². The lowest BCUT2D eigenvalue weighted by molar-refractivity contribution is 0.590. The first-order chi connectivity index (χ1) is 11.1. The first-order valence-corrected chi connectivity index (χ1v) is 7.06. The topological polar surface area (TPSA) is 49.8 Å². The quantitative estimate of drug-likeness (QED) is 0.713. The predicted molar refractivity (Wildman–Crippen MR) is 86.4 cm³/mol. The Hall–Kier alpha value is -2.73. The molecule has 7 heteroatoms.